The maximum atomic E-state index is 7.71. The zero-order valence-electron chi connectivity index (χ0n) is 64.4. The van der Waals surface area contributed by atoms with Crippen LogP contribution in [0.5, 0.6) is 23.0 Å². The first kappa shape index (κ1) is 65.1. The third-order valence-corrected chi connectivity index (χ3v) is 27.0. The number of rotatable bonds is 8. The van der Waals surface area contributed by atoms with Crippen LogP contribution in [-0.4, -0.2) is 9.13 Å². The van der Waals surface area contributed by atoms with Gasteiger partial charge in [0.1, 0.15) is 11.5 Å². The van der Waals surface area contributed by atoms with Gasteiger partial charge in [0.15, 0.2) is 11.5 Å². The van der Waals surface area contributed by atoms with Crippen LogP contribution in [0.2, 0.25) is 0 Å². The van der Waals surface area contributed by atoms with Crippen molar-refractivity contribution in [3.05, 3.63) is 443 Å². The molecular weight excluding hydrogens is 1410 g/mol. The molecule has 2 aromatic heterocycles. The fourth-order valence-corrected chi connectivity index (χ4v) is 22.1. The van der Waals surface area contributed by atoms with Crippen LogP contribution in [0.15, 0.2) is 376 Å². The smallest absolute Gasteiger partial charge is 0.156 e. The number of nitrogens with zero attached hydrogens (tertiary/aromatic N) is 4. The third kappa shape index (κ3) is 8.43. The first-order valence-corrected chi connectivity index (χ1v) is 40.5. The molecule has 0 amide bonds. The minimum Gasteiger partial charge on any atom is -0.454 e. The van der Waals surface area contributed by atoms with Crippen molar-refractivity contribution >= 4 is 77.7 Å². The summed E-state index contributed by atoms with van der Waals surface area (Å²) in [6.45, 7) is 9.49. The Hall–Kier alpha value is -14.5. The number of aromatic nitrogens is 2. The fraction of sp³-hybridized carbons (Fsp3) is 0.0727. The molecule has 6 aliphatic rings. The number of hydrogen-bond donors (Lipinski definition) is 0. The summed E-state index contributed by atoms with van der Waals surface area (Å²) in [6.07, 6.45) is 0. The maximum Gasteiger partial charge on any atom is 0.156 e. The lowest BCUT2D eigenvalue weighted by Gasteiger charge is -2.46. The quantitative estimate of drug-likeness (QED) is 0.152. The van der Waals surface area contributed by atoms with E-state index >= 15 is 0 Å². The molecule has 0 N–H and O–H groups in total. The van der Waals surface area contributed by atoms with Gasteiger partial charge in [-0.2, -0.15) is 0 Å². The predicted octanol–water partition coefficient (Wildman–Crippen LogP) is 28.4. The number of anilines is 6. The molecule has 19 aromatic rings. The van der Waals surface area contributed by atoms with Crippen LogP contribution in [0.3, 0.4) is 0 Å². The van der Waals surface area contributed by atoms with Crippen LogP contribution < -0.4 is 19.3 Å². The Morgan fingerprint density at radius 3 is 1.24 bits per heavy atom. The highest BCUT2D eigenvalue weighted by molar-refractivity contribution is 6.15. The SMILES string of the molecule is CC1(C)c2ccccc2-c2ccc(N(c3ccccc3)c3cccc4c3Oc3ccccc3C43c4ccccc4-n4c5ccc(-c6cccc(-c7ccccc7N(c7ccc8c(c7)C(C)(C)c7ccccc7-8)c7cccc8c7Oc7ccccc7C87c8ccccc8-n8c9ccccc9c9cccc7c98)c6)cc5c5cccc3c54)cc21. The van der Waals surface area contributed by atoms with Gasteiger partial charge in [-0.1, -0.05) is 301 Å². The van der Waals surface area contributed by atoms with Crippen molar-refractivity contribution < 1.29 is 9.47 Å². The number of ether oxygens (including phenoxy) is 2. The topological polar surface area (TPSA) is 34.8 Å². The summed E-state index contributed by atoms with van der Waals surface area (Å²) in [4.78, 5) is 4.92. The lowest BCUT2D eigenvalue weighted by atomic mass is 9.61. The molecule has 4 aliphatic heterocycles. The van der Waals surface area contributed by atoms with Gasteiger partial charge in [-0.3, -0.25) is 0 Å². The van der Waals surface area contributed by atoms with Crippen molar-refractivity contribution in [2.24, 2.45) is 0 Å². The molecule has 6 nitrogen and oxygen atoms in total. The fourth-order valence-electron chi connectivity index (χ4n) is 22.1. The van der Waals surface area contributed by atoms with E-state index in [4.69, 9.17) is 9.47 Å². The van der Waals surface area contributed by atoms with E-state index in [-0.39, 0.29) is 10.8 Å². The Kier molecular flexibility index (Phi) is 13.2. The Morgan fingerprint density at radius 1 is 0.233 bits per heavy atom. The number of fused-ring (bicyclic) bond motifs is 28. The van der Waals surface area contributed by atoms with Crippen LogP contribution >= 0.6 is 0 Å². The summed E-state index contributed by atoms with van der Waals surface area (Å²) < 4.78 is 20.3. The largest absolute Gasteiger partial charge is 0.454 e. The summed E-state index contributed by atoms with van der Waals surface area (Å²) in [5.41, 5.74) is 35.2. The summed E-state index contributed by atoms with van der Waals surface area (Å²) in [6, 6.07) is 141. The van der Waals surface area contributed by atoms with Crippen molar-refractivity contribution in [2.75, 3.05) is 9.80 Å². The van der Waals surface area contributed by atoms with Gasteiger partial charge in [-0.15, -0.1) is 0 Å². The Bertz CT molecular complexity index is 7520. The van der Waals surface area contributed by atoms with Crippen LogP contribution in [0, 0.1) is 0 Å². The van der Waals surface area contributed by atoms with Crippen LogP contribution in [0.1, 0.15) is 94.5 Å². The highest BCUT2D eigenvalue weighted by atomic mass is 16.5. The molecule has 25 rings (SSSR count). The second kappa shape index (κ2) is 23.6. The molecule has 0 fully saturated rings. The van der Waals surface area contributed by atoms with Crippen molar-refractivity contribution in [2.45, 2.75) is 49.4 Å². The van der Waals surface area contributed by atoms with E-state index in [0.717, 1.165) is 119 Å². The van der Waals surface area contributed by atoms with E-state index in [9.17, 15) is 0 Å². The molecule has 2 atom stereocenters. The normalized spacial score (nSPS) is 16.4. The van der Waals surface area contributed by atoms with Crippen LogP contribution in [-0.2, 0) is 21.7 Å². The molecule has 2 spiro atoms. The lowest BCUT2D eigenvalue weighted by Crippen LogP contribution is -2.38. The number of para-hydroxylation sites is 11. The summed E-state index contributed by atoms with van der Waals surface area (Å²) >= 11 is 0. The molecule has 2 aliphatic carbocycles. The standard InChI is InChI=1S/C110H74N4O2/c1-107(2)82-39-12-8-34-74(82)76-60-58-71(65-92(76)107)111(70-31-6-5-7-32-70)99-53-27-47-90-105(99)115-101-55-22-16-43-86(101)110(90)85-42-15-21-52-98(85)114-96-62-57-68(64-81(96)80-38-26-46-89(110)104(80)114)67-29-24-30-69(63-67)73-33-10-18-49-94(73)112(72-59-61-77-75-35-9-13-40-83(75)108(3,4)93(77)66-72)100-54-28-48-91-106(100)116-102-56-23-17-44-87(102)109(91)84-41-14-20-51-97(84)113-95-50-19-11-36-78(95)79-37-25-45-88(109)103(79)113/h5-66H,1-4H3. The van der Waals surface area contributed by atoms with E-state index in [1.807, 2.05) is 0 Å². The molecule has 6 heterocycles. The van der Waals surface area contributed by atoms with Crippen molar-refractivity contribution in [3.63, 3.8) is 0 Å². The first-order chi connectivity index (χ1) is 57.1. The molecule has 116 heavy (non-hydrogen) atoms. The minimum atomic E-state index is -0.806. The molecule has 2 unspecified atom stereocenters. The zero-order valence-corrected chi connectivity index (χ0v) is 64.4. The molecule has 0 radical (unpaired) electrons. The van der Waals surface area contributed by atoms with Crippen LogP contribution in [0.25, 0.3) is 99.5 Å². The van der Waals surface area contributed by atoms with Gasteiger partial charge >= 0.3 is 0 Å². The minimum absolute atomic E-state index is 0.202. The Balaban J connectivity index is 0.662. The summed E-state index contributed by atoms with van der Waals surface area (Å²) in [5.74, 6) is 3.31. The van der Waals surface area contributed by atoms with Gasteiger partial charge in [0.2, 0.25) is 0 Å². The van der Waals surface area contributed by atoms with Gasteiger partial charge in [-0.05, 0) is 187 Å². The zero-order chi connectivity index (χ0) is 76.7. The lowest BCUT2D eigenvalue weighted by molar-refractivity contribution is 0.435. The highest BCUT2D eigenvalue weighted by Gasteiger charge is 2.54. The molecule has 0 saturated carbocycles. The van der Waals surface area contributed by atoms with Gasteiger partial charge in [-0.25, -0.2) is 0 Å². The van der Waals surface area contributed by atoms with E-state index in [2.05, 4.69) is 423 Å². The van der Waals surface area contributed by atoms with Gasteiger partial charge in [0.25, 0.3) is 0 Å². The molecular formula is C110H74N4O2. The van der Waals surface area contributed by atoms with E-state index in [0.29, 0.717) is 0 Å². The first-order valence-electron chi connectivity index (χ1n) is 40.5. The number of benzene rings is 17. The molecule has 546 valence electrons. The second-order valence-corrected chi connectivity index (χ2v) is 33.3. The van der Waals surface area contributed by atoms with E-state index < -0.39 is 10.8 Å². The van der Waals surface area contributed by atoms with Crippen molar-refractivity contribution in [1.29, 1.82) is 0 Å². The molecule has 6 heteroatoms. The average Bonchev–Trinajstić information content (AvgIpc) is 1.36. The average molecular weight is 1480 g/mol. The van der Waals surface area contributed by atoms with Gasteiger partial charge in [0, 0.05) is 77.3 Å². The number of hydrogen-bond acceptors (Lipinski definition) is 4. The molecule has 17 aromatic carbocycles. The Labute approximate surface area is 672 Å². The van der Waals surface area contributed by atoms with Gasteiger partial charge < -0.3 is 28.4 Å². The summed E-state index contributed by atoms with van der Waals surface area (Å²) in [7, 11) is 0. The third-order valence-electron chi connectivity index (χ3n) is 27.0. The molecule has 0 bridgehead atoms. The Morgan fingerprint density at radius 2 is 0.638 bits per heavy atom. The second-order valence-electron chi connectivity index (χ2n) is 33.3. The van der Waals surface area contributed by atoms with E-state index in [1.54, 1.807) is 0 Å². The predicted molar refractivity (Wildman–Crippen MR) is 474 cm³/mol. The highest BCUT2D eigenvalue weighted by Crippen LogP contribution is 2.66. The monoisotopic (exact) mass is 1480 g/mol. The van der Waals surface area contributed by atoms with Crippen molar-refractivity contribution in [3.8, 4) is 78.9 Å². The summed E-state index contributed by atoms with van der Waals surface area (Å²) in [5, 5.41) is 4.84. The van der Waals surface area contributed by atoms with Crippen molar-refractivity contribution in [1.82, 2.24) is 9.13 Å². The van der Waals surface area contributed by atoms with Gasteiger partial charge in [0.05, 0.1) is 61.3 Å². The van der Waals surface area contributed by atoms with Crippen LogP contribution in [0.4, 0.5) is 34.1 Å². The van der Waals surface area contributed by atoms with E-state index in [1.165, 1.54) is 105 Å². The molecule has 0 saturated heterocycles. The maximum absolute atomic E-state index is 7.71.